The van der Waals surface area contributed by atoms with Crippen LogP contribution in [0.25, 0.3) is 0 Å². The number of nitrogens with two attached hydrogens (primary N) is 1. The summed E-state index contributed by atoms with van der Waals surface area (Å²) in [5.41, 5.74) is 1.46. The number of amides is 1. The van der Waals surface area contributed by atoms with E-state index in [-0.39, 0.29) is 29.7 Å². The van der Waals surface area contributed by atoms with Crippen molar-refractivity contribution in [1.29, 1.82) is 0 Å². The zero-order valence-corrected chi connectivity index (χ0v) is 11.4. The molecule has 1 aliphatic rings. The van der Waals surface area contributed by atoms with Gasteiger partial charge in [-0.1, -0.05) is 6.07 Å². The monoisotopic (exact) mass is 284 g/mol. The summed E-state index contributed by atoms with van der Waals surface area (Å²) in [6.45, 7) is 2.13. The molecule has 0 radical (unpaired) electrons. The Morgan fingerprint density at radius 1 is 1.47 bits per heavy atom. The average Bonchev–Trinajstić information content (AvgIpc) is 2.60. The summed E-state index contributed by atoms with van der Waals surface area (Å²) in [5, 5.41) is 14.5. The predicted molar refractivity (Wildman–Crippen MR) is 71.3 cm³/mol. The molecule has 1 fully saturated rings. The molecule has 1 aromatic rings. The van der Waals surface area contributed by atoms with Crippen LogP contribution in [0.5, 0.6) is 5.75 Å². The quantitative estimate of drug-likeness (QED) is 0.835. The van der Waals surface area contributed by atoms with E-state index in [1.54, 1.807) is 12.1 Å². The normalized spacial score (nSPS) is 20.0. The second kappa shape index (κ2) is 4.82. The third-order valence-corrected chi connectivity index (χ3v) is 4.09. The second-order valence-corrected chi connectivity index (χ2v) is 6.53. The third-order valence-electron chi connectivity index (χ3n) is 3.16. The molecular weight excluding hydrogens is 268 g/mol. The molecule has 1 aliphatic heterocycles. The first-order valence-corrected chi connectivity index (χ1v) is 7.58. The van der Waals surface area contributed by atoms with Crippen LogP contribution in [0.1, 0.15) is 12.0 Å². The molecule has 1 heterocycles. The van der Waals surface area contributed by atoms with Crippen molar-refractivity contribution in [2.45, 2.75) is 13.3 Å². The third kappa shape index (κ3) is 3.24. The molecule has 6 nitrogen and oxygen atoms in total. The van der Waals surface area contributed by atoms with Gasteiger partial charge in [0.2, 0.25) is 15.9 Å². The lowest BCUT2D eigenvalue weighted by molar-refractivity contribution is -0.117. The Morgan fingerprint density at radius 3 is 2.79 bits per heavy atom. The molecule has 1 saturated heterocycles. The standard InChI is InChI=1S/C12H16N2O4S/c1-8-2-3-10(15)5-11(8)14-6-9(4-12(14)16)7-19(13,17)18/h2-3,5,9,15H,4,6-7H2,1H3,(H2,13,17,18). The Kier molecular flexibility index (Phi) is 3.51. The van der Waals surface area contributed by atoms with E-state index in [1.807, 2.05) is 6.92 Å². The van der Waals surface area contributed by atoms with Gasteiger partial charge in [-0.3, -0.25) is 4.79 Å². The molecule has 19 heavy (non-hydrogen) atoms. The number of phenols is 1. The van der Waals surface area contributed by atoms with E-state index in [2.05, 4.69) is 0 Å². The highest BCUT2D eigenvalue weighted by Gasteiger charge is 2.33. The molecule has 0 saturated carbocycles. The SMILES string of the molecule is Cc1ccc(O)cc1N1CC(CS(N)(=O)=O)CC1=O. The van der Waals surface area contributed by atoms with Crippen molar-refractivity contribution in [3.63, 3.8) is 0 Å². The molecule has 1 atom stereocenters. The number of nitrogens with zero attached hydrogens (tertiary/aromatic N) is 1. The number of primary sulfonamides is 1. The minimum Gasteiger partial charge on any atom is -0.508 e. The number of aryl methyl sites for hydroxylation is 1. The number of aromatic hydroxyl groups is 1. The minimum atomic E-state index is -3.58. The van der Waals surface area contributed by atoms with Crippen LogP contribution in [0.4, 0.5) is 5.69 Å². The fourth-order valence-electron chi connectivity index (χ4n) is 2.34. The number of hydrogen-bond acceptors (Lipinski definition) is 4. The Labute approximate surface area is 111 Å². The molecule has 0 spiro atoms. The Hall–Kier alpha value is -1.60. The van der Waals surface area contributed by atoms with Crippen molar-refractivity contribution in [3.8, 4) is 5.75 Å². The van der Waals surface area contributed by atoms with Gasteiger partial charge in [0, 0.05) is 24.9 Å². The van der Waals surface area contributed by atoms with Gasteiger partial charge in [-0.25, -0.2) is 13.6 Å². The summed E-state index contributed by atoms with van der Waals surface area (Å²) in [6, 6.07) is 4.76. The van der Waals surface area contributed by atoms with Gasteiger partial charge >= 0.3 is 0 Å². The number of phenolic OH excluding ortho intramolecular Hbond substituents is 1. The number of sulfonamides is 1. The van der Waals surface area contributed by atoms with E-state index < -0.39 is 10.0 Å². The molecular formula is C12H16N2O4S. The van der Waals surface area contributed by atoms with E-state index in [1.165, 1.54) is 11.0 Å². The van der Waals surface area contributed by atoms with Gasteiger partial charge in [-0.2, -0.15) is 0 Å². The van der Waals surface area contributed by atoms with E-state index in [0.717, 1.165) is 5.56 Å². The largest absolute Gasteiger partial charge is 0.508 e. The average molecular weight is 284 g/mol. The van der Waals surface area contributed by atoms with Crippen LogP contribution >= 0.6 is 0 Å². The molecule has 1 unspecified atom stereocenters. The molecule has 0 bridgehead atoms. The van der Waals surface area contributed by atoms with Crippen LogP contribution in [0.2, 0.25) is 0 Å². The number of rotatable bonds is 3. The molecule has 1 amide bonds. The molecule has 2 rings (SSSR count). The molecule has 0 aliphatic carbocycles. The number of carbonyl (C=O) groups is 1. The van der Waals surface area contributed by atoms with Gasteiger partial charge in [0.25, 0.3) is 0 Å². The number of carbonyl (C=O) groups excluding carboxylic acids is 1. The summed E-state index contributed by atoms with van der Waals surface area (Å²) in [7, 11) is -3.58. The summed E-state index contributed by atoms with van der Waals surface area (Å²) in [6.07, 6.45) is 0.158. The van der Waals surface area contributed by atoms with Gasteiger partial charge in [-0.05, 0) is 18.6 Å². The van der Waals surface area contributed by atoms with Crippen molar-refractivity contribution < 1.29 is 18.3 Å². The Balaban J connectivity index is 2.23. The maximum Gasteiger partial charge on any atom is 0.227 e. The molecule has 3 N–H and O–H groups in total. The molecule has 1 aromatic carbocycles. The lowest BCUT2D eigenvalue weighted by Gasteiger charge is -2.19. The van der Waals surface area contributed by atoms with Crippen molar-refractivity contribution in [2.24, 2.45) is 11.1 Å². The lowest BCUT2D eigenvalue weighted by Crippen LogP contribution is -2.27. The Bertz CT molecular complexity index is 612. The molecule has 7 heteroatoms. The Morgan fingerprint density at radius 2 is 2.16 bits per heavy atom. The van der Waals surface area contributed by atoms with Crippen molar-refractivity contribution in [1.82, 2.24) is 0 Å². The fraction of sp³-hybridized carbons (Fsp3) is 0.417. The zero-order chi connectivity index (χ0) is 14.2. The minimum absolute atomic E-state index is 0.0725. The van der Waals surface area contributed by atoms with Gasteiger partial charge in [-0.15, -0.1) is 0 Å². The lowest BCUT2D eigenvalue weighted by atomic mass is 10.1. The van der Waals surface area contributed by atoms with Crippen LogP contribution in [-0.2, 0) is 14.8 Å². The van der Waals surface area contributed by atoms with Gasteiger partial charge in [0.1, 0.15) is 5.75 Å². The molecule has 104 valence electrons. The first-order chi connectivity index (χ1) is 8.76. The smallest absolute Gasteiger partial charge is 0.227 e. The highest BCUT2D eigenvalue weighted by atomic mass is 32.2. The van der Waals surface area contributed by atoms with Gasteiger partial charge in [0.05, 0.1) is 11.4 Å². The van der Waals surface area contributed by atoms with Crippen molar-refractivity contribution in [3.05, 3.63) is 23.8 Å². The van der Waals surface area contributed by atoms with Crippen molar-refractivity contribution >= 4 is 21.6 Å². The summed E-state index contributed by atoms with van der Waals surface area (Å²) in [4.78, 5) is 13.4. The zero-order valence-electron chi connectivity index (χ0n) is 10.5. The van der Waals surface area contributed by atoms with Crippen LogP contribution in [0, 0.1) is 12.8 Å². The van der Waals surface area contributed by atoms with Crippen LogP contribution in [0.3, 0.4) is 0 Å². The maximum absolute atomic E-state index is 11.9. The highest BCUT2D eigenvalue weighted by molar-refractivity contribution is 7.89. The first-order valence-electron chi connectivity index (χ1n) is 5.87. The number of hydrogen-bond donors (Lipinski definition) is 2. The molecule has 0 aromatic heterocycles. The van der Waals surface area contributed by atoms with Crippen LogP contribution < -0.4 is 10.0 Å². The first kappa shape index (κ1) is 13.8. The predicted octanol–water partition coefficient (Wildman–Crippen LogP) is 0.342. The maximum atomic E-state index is 11.9. The van der Waals surface area contributed by atoms with Gasteiger partial charge < -0.3 is 10.0 Å². The van der Waals surface area contributed by atoms with Crippen LogP contribution in [-0.4, -0.2) is 31.7 Å². The summed E-state index contributed by atoms with van der Waals surface area (Å²) < 4.78 is 22.1. The van der Waals surface area contributed by atoms with E-state index in [4.69, 9.17) is 5.14 Å². The number of anilines is 1. The van der Waals surface area contributed by atoms with Crippen molar-refractivity contribution in [2.75, 3.05) is 17.2 Å². The highest BCUT2D eigenvalue weighted by Crippen LogP contribution is 2.30. The van der Waals surface area contributed by atoms with E-state index in [9.17, 15) is 18.3 Å². The topological polar surface area (TPSA) is 101 Å². The summed E-state index contributed by atoms with van der Waals surface area (Å²) in [5.74, 6) is -0.581. The van der Waals surface area contributed by atoms with E-state index >= 15 is 0 Å². The fourth-order valence-corrected chi connectivity index (χ4v) is 3.22. The van der Waals surface area contributed by atoms with Crippen LogP contribution in [0.15, 0.2) is 18.2 Å². The van der Waals surface area contributed by atoms with E-state index in [0.29, 0.717) is 12.2 Å². The second-order valence-electron chi connectivity index (χ2n) is 4.87. The summed E-state index contributed by atoms with van der Waals surface area (Å²) >= 11 is 0. The van der Waals surface area contributed by atoms with Gasteiger partial charge in [0.15, 0.2) is 0 Å². The number of benzene rings is 1.